The lowest BCUT2D eigenvalue weighted by atomic mass is 10.2. The molecule has 0 aromatic rings. The smallest absolute Gasteiger partial charge is 0.321 e. The van der Waals surface area contributed by atoms with Gasteiger partial charge in [-0.3, -0.25) is 4.79 Å². The predicted molar refractivity (Wildman–Crippen MR) is 48.2 cm³/mol. The molecule has 0 saturated heterocycles. The van der Waals surface area contributed by atoms with E-state index >= 15 is 0 Å². The van der Waals surface area contributed by atoms with Gasteiger partial charge in [0.2, 0.25) is 0 Å². The zero-order valence-corrected chi connectivity index (χ0v) is 7.77. The van der Waals surface area contributed by atoms with Crippen molar-refractivity contribution in [3.8, 4) is 0 Å². The maximum absolute atomic E-state index is 10.5. The van der Waals surface area contributed by atoms with Crippen LogP contribution in [0.3, 0.4) is 0 Å². The van der Waals surface area contributed by atoms with Crippen molar-refractivity contribution in [3.63, 3.8) is 0 Å². The topological polar surface area (TPSA) is 49.3 Å². The molecule has 66 valence electrons. The molecule has 0 saturated carbocycles. The molecule has 2 N–H and O–H groups in total. The second-order valence-corrected chi connectivity index (χ2v) is 2.91. The van der Waals surface area contributed by atoms with Crippen LogP contribution in [0.4, 0.5) is 0 Å². The number of aliphatic carboxylic acids is 1. The van der Waals surface area contributed by atoms with Crippen LogP contribution in [0, 0.1) is 0 Å². The molecule has 0 amide bonds. The molecule has 0 aromatic heterocycles. The summed E-state index contributed by atoms with van der Waals surface area (Å²) >= 11 is 3.93. The molecule has 0 radical (unpaired) electrons. The van der Waals surface area contributed by atoms with Gasteiger partial charge in [0, 0.05) is 11.8 Å². The van der Waals surface area contributed by atoms with Crippen molar-refractivity contribution < 1.29 is 9.90 Å². The van der Waals surface area contributed by atoms with E-state index in [9.17, 15) is 4.79 Å². The van der Waals surface area contributed by atoms with Crippen LogP contribution < -0.4 is 5.32 Å². The minimum Gasteiger partial charge on any atom is -0.480 e. The van der Waals surface area contributed by atoms with Crippen LogP contribution >= 0.6 is 12.6 Å². The molecule has 4 heteroatoms. The van der Waals surface area contributed by atoms with E-state index in [-0.39, 0.29) is 6.04 Å². The van der Waals surface area contributed by atoms with Crippen LogP contribution in [0.1, 0.15) is 20.3 Å². The standard InChI is InChI=1S/C7H15NO2S/c1-3-5(2)8-6(4-11)7(9)10/h5-6,8,11H,3-4H2,1-2H3,(H,9,10)/t5?,6-/m0/s1. The highest BCUT2D eigenvalue weighted by molar-refractivity contribution is 7.80. The summed E-state index contributed by atoms with van der Waals surface area (Å²) in [5.74, 6) is -0.500. The van der Waals surface area contributed by atoms with Crippen LogP contribution in [0.25, 0.3) is 0 Å². The van der Waals surface area contributed by atoms with Gasteiger partial charge in [-0.1, -0.05) is 6.92 Å². The van der Waals surface area contributed by atoms with Crippen molar-refractivity contribution in [2.75, 3.05) is 5.75 Å². The Morgan fingerprint density at radius 3 is 2.55 bits per heavy atom. The van der Waals surface area contributed by atoms with E-state index in [4.69, 9.17) is 5.11 Å². The maximum atomic E-state index is 10.5. The molecule has 1 unspecified atom stereocenters. The van der Waals surface area contributed by atoms with Gasteiger partial charge in [-0.25, -0.2) is 0 Å². The Bertz CT molecular complexity index is 130. The van der Waals surface area contributed by atoms with Crippen molar-refractivity contribution in [3.05, 3.63) is 0 Å². The third kappa shape index (κ3) is 4.27. The number of hydrogen-bond acceptors (Lipinski definition) is 3. The summed E-state index contributed by atoms with van der Waals surface area (Å²) in [7, 11) is 0. The summed E-state index contributed by atoms with van der Waals surface area (Å²) in [4.78, 5) is 10.5. The minimum absolute atomic E-state index is 0.239. The fourth-order valence-electron chi connectivity index (χ4n) is 0.663. The van der Waals surface area contributed by atoms with Gasteiger partial charge in [0.25, 0.3) is 0 Å². The van der Waals surface area contributed by atoms with Crippen LogP contribution in [0.5, 0.6) is 0 Å². The van der Waals surface area contributed by atoms with Crippen LogP contribution in [-0.2, 0) is 4.79 Å². The average Bonchev–Trinajstić information content (AvgIpc) is 1.99. The summed E-state index contributed by atoms with van der Waals surface area (Å²) in [5.41, 5.74) is 0. The van der Waals surface area contributed by atoms with Gasteiger partial charge in [0.05, 0.1) is 0 Å². The lowest BCUT2D eigenvalue weighted by Gasteiger charge is -2.16. The molecule has 0 heterocycles. The van der Waals surface area contributed by atoms with E-state index in [1.807, 2.05) is 13.8 Å². The molecule has 0 fully saturated rings. The van der Waals surface area contributed by atoms with E-state index in [0.29, 0.717) is 5.75 Å². The Morgan fingerprint density at radius 1 is 1.73 bits per heavy atom. The van der Waals surface area contributed by atoms with Crippen molar-refractivity contribution in [2.45, 2.75) is 32.4 Å². The Kier molecular flexibility index (Phi) is 5.32. The second kappa shape index (κ2) is 5.43. The van der Waals surface area contributed by atoms with E-state index in [0.717, 1.165) is 6.42 Å². The van der Waals surface area contributed by atoms with E-state index < -0.39 is 12.0 Å². The molecule has 0 aliphatic carbocycles. The highest BCUT2D eigenvalue weighted by Gasteiger charge is 2.16. The maximum Gasteiger partial charge on any atom is 0.321 e. The minimum atomic E-state index is -0.833. The number of carboxylic acids is 1. The van der Waals surface area contributed by atoms with Gasteiger partial charge in [-0.15, -0.1) is 0 Å². The van der Waals surface area contributed by atoms with Gasteiger partial charge < -0.3 is 10.4 Å². The first-order valence-corrected chi connectivity index (χ1v) is 4.34. The molecule has 0 bridgehead atoms. The van der Waals surface area contributed by atoms with Crippen LogP contribution in [-0.4, -0.2) is 28.9 Å². The van der Waals surface area contributed by atoms with Crippen molar-refractivity contribution in [1.29, 1.82) is 0 Å². The second-order valence-electron chi connectivity index (χ2n) is 2.55. The number of thiol groups is 1. The van der Waals surface area contributed by atoms with Gasteiger partial charge in [0.1, 0.15) is 6.04 Å². The number of hydrogen-bond donors (Lipinski definition) is 3. The third-order valence-electron chi connectivity index (χ3n) is 1.58. The fraction of sp³-hybridized carbons (Fsp3) is 0.857. The van der Waals surface area contributed by atoms with Gasteiger partial charge in [-0.2, -0.15) is 12.6 Å². The summed E-state index contributed by atoms with van der Waals surface area (Å²) < 4.78 is 0. The number of carbonyl (C=O) groups is 1. The Labute approximate surface area is 72.6 Å². The van der Waals surface area contributed by atoms with E-state index in [1.54, 1.807) is 0 Å². The third-order valence-corrected chi connectivity index (χ3v) is 1.94. The van der Waals surface area contributed by atoms with Gasteiger partial charge in [0.15, 0.2) is 0 Å². The van der Waals surface area contributed by atoms with E-state index in [1.165, 1.54) is 0 Å². The van der Waals surface area contributed by atoms with Crippen molar-refractivity contribution >= 4 is 18.6 Å². The van der Waals surface area contributed by atoms with E-state index in [2.05, 4.69) is 17.9 Å². The number of carboxylic acid groups (broad SMARTS) is 1. The first-order valence-electron chi connectivity index (χ1n) is 3.71. The molecular formula is C7H15NO2S. The molecule has 0 aliphatic heterocycles. The number of nitrogens with one attached hydrogen (secondary N) is 1. The quantitative estimate of drug-likeness (QED) is 0.543. The fourth-order valence-corrected chi connectivity index (χ4v) is 0.925. The molecule has 0 aliphatic rings. The highest BCUT2D eigenvalue weighted by atomic mass is 32.1. The molecule has 2 atom stereocenters. The summed E-state index contributed by atoms with van der Waals surface area (Å²) in [6.07, 6.45) is 0.928. The summed E-state index contributed by atoms with van der Waals surface area (Å²) in [5, 5.41) is 11.5. The Hall–Kier alpha value is -0.220. The van der Waals surface area contributed by atoms with Crippen LogP contribution in [0.15, 0.2) is 0 Å². The molecule has 0 rings (SSSR count). The SMILES string of the molecule is CCC(C)N[C@@H](CS)C(=O)O. The Morgan fingerprint density at radius 2 is 2.27 bits per heavy atom. The lowest BCUT2D eigenvalue weighted by Crippen LogP contribution is -2.43. The average molecular weight is 177 g/mol. The van der Waals surface area contributed by atoms with Gasteiger partial charge in [-0.05, 0) is 13.3 Å². The van der Waals surface area contributed by atoms with Crippen molar-refractivity contribution in [2.24, 2.45) is 0 Å². The van der Waals surface area contributed by atoms with Crippen molar-refractivity contribution in [1.82, 2.24) is 5.32 Å². The predicted octanol–water partition coefficient (Wildman–Crippen LogP) is 0.758. The molecule has 11 heavy (non-hydrogen) atoms. The molecular weight excluding hydrogens is 162 g/mol. The highest BCUT2D eigenvalue weighted by Crippen LogP contribution is 1.94. The number of rotatable bonds is 5. The molecule has 3 nitrogen and oxygen atoms in total. The zero-order chi connectivity index (χ0) is 8.85. The first-order chi connectivity index (χ1) is 5.11. The zero-order valence-electron chi connectivity index (χ0n) is 6.87. The molecule has 0 spiro atoms. The normalized spacial score (nSPS) is 15.9. The summed E-state index contributed by atoms with van der Waals surface area (Å²) in [6, 6.07) is -0.281. The molecule has 0 aromatic carbocycles. The van der Waals surface area contributed by atoms with Gasteiger partial charge >= 0.3 is 5.97 Å². The summed E-state index contributed by atoms with van der Waals surface area (Å²) in [6.45, 7) is 3.97. The Balaban J connectivity index is 3.77. The monoisotopic (exact) mass is 177 g/mol. The lowest BCUT2D eigenvalue weighted by molar-refractivity contribution is -0.139. The van der Waals surface area contributed by atoms with Crippen LogP contribution in [0.2, 0.25) is 0 Å². The largest absolute Gasteiger partial charge is 0.480 e. The first kappa shape index (κ1) is 10.8.